The zero-order valence-electron chi connectivity index (χ0n) is 26.9. The number of anilines is 3. The fourth-order valence-corrected chi connectivity index (χ4v) is 6.81. The Labute approximate surface area is 292 Å². The summed E-state index contributed by atoms with van der Waals surface area (Å²) in [4.78, 5) is 21.1. The van der Waals surface area contributed by atoms with Crippen LogP contribution in [0.3, 0.4) is 0 Å². The summed E-state index contributed by atoms with van der Waals surface area (Å²) in [5.41, 5.74) is 2.26. The zero-order chi connectivity index (χ0) is 34.7. The van der Waals surface area contributed by atoms with Crippen molar-refractivity contribution >= 4 is 34.6 Å². The second-order valence-electron chi connectivity index (χ2n) is 12.5. The Morgan fingerprint density at radius 3 is 2.28 bits per heavy atom. The van der Waals surface area contributed by atoms with E-state index in [2.05, 4.69) is 25.2 Å². The predicted octanol–water partition coefficient (Wildman–Crippen LogP) is 6.94. The minimum absolute atomic E-state index is 0.0787. The first kappa shape index (κ1) is 33.4. The molecule has 0 bridgehead atoms. The van der Waals surface area contributed by atoms with Gasteiger partial charge in [0, 0.05) is 66.4 Å². The fraction of sp³-hybridized carbons (Fsp3) is 0.270. The number of piperazine rings is 1. The van der Waals surface area contributed by atoms with Crippen LogP contribution in [0.15, 0.2) is 97.6 Å². The molecule has 258 valence electrons. The number of hydrogen-bond donors (Lipinski definition) is 1. The molecule has 2 aliphatic rings. The number of amides is 1. The minimum atomic E-state index is -1.06. The summed E-state index contributed by atoms with van der Waals surface area (Å²) in [5, 5.41) is 7.43. The first-order valence-corrected chi connectivity index (χ1v) is 16.6. The van der Waals surface area contributed by atoms with Gasteiger partial charge in [0.25, 0.3) is 5.91 Å². The molecule has 1 aromatic heterocycles. The molecule has 5 aromatic rings. The third-order valence-electron chi connectivity index (χ3n) is 9.15. The second-order valence-corrected chi connectivity index (χ2v) is 12.9. The van der Waals surface area contributed by atoms with E-state index in [1.807, 2.05) is 30.3 Å². The lowest BCUT2D eigenvalue weighted by Gasteiger charge is -2.37. The third kappa shape index (κ3) is 7.41. The van der Waals surface area contributed by atoms with Crippen LogP contribution in [0.5, 0.6) is 5.75 Å². The van der Waals surface area contributed by atoms with Crippen molar-refractivity contribution in [1.82, 2.24) is 14.8 Å². The zero-order valence-corrected chi connectivity index (χ0v) is 27.7. The van der Waals surface area contributed by atoms with Crippen LogP contribution in [0.2, 0.25) is 5.02 Å². The molecule has 3 heterocycles. The summed E-state index contributed by atoms with van der Waals surface area (Å²) in [6.45, 7) is 3.94. The largest absolute Gasteiger partial charge is 0.492 e. The molecule has 13 heteroatoms. The maximum Gasteiger partial charge on any atom is 0.255 e. The summed E-state index contributed by atoms with van der Waals surface area (Å²) < 4.78 is 55.8. The SMILES string of the molecule is O=C(Nc1ccc(F)cc1)c1ccc(N2CCN(c3ccc(OC[C@H]4CO[C@@](Cn5cncn5)(c5ccc(F)cc5F)C4)c(Cl)c3)CC2)cc1. The van der Waals surface area contributed by atoms with Gasteiger partial charge >= 0.3 is 0 Å². The number of carbonyl (C=O) groups is 1. The first-order valence-electron chi connectivity index (χ1n) is 16.3. The lowest BCUT2D eigenvalue weighted by Crippen LogP contribution is -2.46. The van der Waals surface area contributed by atoms with E-state index in [9.17, 15) is 18.0 Å². The van der Waals surface area contributed by atoms with Gasteiger partial charge in [0.1, 0.15) is 41.5 Å². The first-order chi connectivity index (χ1) is 24.2. The van der Waals surface area contributed by atoms with E-state index < -0.39 is 17.2 Å². The molecular weight excluding hydrogens is 669 g/mol. The average molecular weight is 703 g/mol. The molecule has 50 heavy (non-hydrogen) atoms. The van der Waals surface area contributed by atoms with Crippen LogP contribution in [-0.2, 0) is 16.9 Å². The fourth-order valence-electron chi connectivity index (χ4n) is 6.58. The van der Waals surface area contributed by atoms with Gasteiger partial charge in [-0.3, -0.25) is 4.79 Å². The minimum Gasteiger partial charge on any atom is -0.492 e. The monoisotopic (exact) mass is 702 g/mol. The van der Waals surface area contributed by atoms with E-state index in [1.165, 1.54) is 49.1 Å². The van der Waals surface area contributed by atoms with E-state index in [0.29, 0.717) is 41.7 Å². The summed E-state index contributed by atoms with van der Waals surface area (Å²) in [7, 11) is 0. The molecule has 0 aliphatic carbocycles. The Kier molecular flexibility index (Phi) is 9.64. The second kappa shape index (κ2) is 14.4. The smallest absolute Gasteiger partial charge is 0.255 e. The molecular formula is C37H34ClF3N6O3. The quantitative estimate of drug-likeness (QED) is 0.169. The van der Waals surface area contributed by atoms with Gasteiger partial charge in [0.2, 0.25) is 0 Å². The van der Waals surface area contributed by atoms with Crippen LogP contribution in [-0.4, -0.2) is 60.1 Å². The van der Waals surface area contributed by atoms with Gasteiger partial charge in [0.15, 0.2) is 0 Å². The molecule has 0 saturated carbocycles. The van der Waals surface area contributed by atoms with Crippen LogP contribution in [0.4, 0.5) is 30.2 Å². The summed E-state index contributed by atoms with van der Waals surface area (Å²) in [6, 6.07) is 22.4. The molecule has 2 saturated heterocycles. The Morgan fingerprint density at radius 2 is 1.60 bits per heavy atom. The Bertz CT molecular complexity index is 1940. The summed E-state index contributed by atoms with van der Waals surface area (Å²) in [5.74, 6) is -1.48. The van der Waals surface area contributed by atoms with Gasteiger partial charge in [-0.25, -0.2) is 22.8 Å². The van der Waals surface area contributed by atoms with Gasteiger partial charge in [-0.1, -0.05) is 17.7 Å². The molecule has 0 radical (unpaired) electrons. The van der Waals surface area contributed by atoms with E-state index in [4.69, 9.17) is 21.1 Å². The molecule has 4 aromatic carbocycles. The van der Waals surface area contributed by atoms with Crippen LogP contribution in [0, 0.1) is 23.4 Å². The van der Waals surface area contributed by atoms with Crippen molar-refractivity contribution < 1.29 is 27.4 Å². The number of benzene rings is 4. The summed E-state index contributed by atoms with van der Waals surface area (Å²) in [6.07, 6.45) is 3.37. The molecule has 1 amide bonds. The standard InChI is InChI=1S/C37H34ClF3N6O3/c38-33-18-31(46-15-13-45(14-16-46)30-8-1-26(2-9-30)36(48)44-29-6-3-27(39)4-7-29)10-12-35(33)49-20-25-19-37(50-21-25,22-47-24-42-23-43-47)32-11-5-28(40)17-34(32)41/h1-12,17-18,23-25H,13-16,19-22H2,(H,44,48)/t25-,37-/m0/s1. The normalized spacial score (nSPS) is 19.1. The highest BCUT2D eigenvalue weighted by Crippen LogP contribution is 2.42. The van der Waals surface area contributed by atoms with Crippen molar-refractivity contribution in [2.75, 3.05) is 54.5 Å². The Morgan fingerprint density at radius 1 is 0.900 bits per heavy atom. The highest BCUT2D eigenvalue weighted by atomic mass is 35.5. The molecule has 2 atom stereocenters. The van der Waals surface area contributed by atoms with E-state index in [1.54, 1.807) is 16.8 Å². The number of ether oxygens (including phenoxy) is 2. The van der Waals surface area contributed by atoms with Crippen LogP contribution < -0.4 is 19.9 Å². The molecule has 0 unspecified atom stereocenters. The van der Waals surface area contributed by atoms with Crippen molar-refractivity contribution in [3.63, 3.8) is 0 Å². The Balaban J connectivity index is 0.927. The number of halogens is 4. The highest BCUT2D eigenvalue weighted by Gasteiger charge is 2.44. The van der Waals surface area contributed by atoms with Gasteiger partial charge in [-0.15, -0.1) is 0 Å². The number of aromatic nitrogens is 3. The highest BCUT2D eigenvalue weighted by molar-refractivity contribution is 6.32. The number of hydrogen-bond acceptors (Lipinski definition) is 7. The number of nitrogens with one attached hydrogen (secondary N) is 1. The molecule has 1 N–H and O–H groups in total. The van der Waals surface area contributed by atoms with E-state index >= 15 is 0 Å². The van der Waals surface area contributed by atoms with Crippen molar-refractivity contribution in [2.45, 2.75) is 18.6 Å². The van der Waals surface area contributed by atoms with Gasteiger partial charge < -0.3 is 24.6 Å². The van der Waals surface area contributed by atoms with Crippen molar-refractivity contribution in [2.24, 2.45) is 5.92 Å². The lowest BCUT2D eigenvalue weighted by molar-refractivity contribution is -0.0206. The van der Waals surface area contributed by atoms with Crippen LogP contribution >= 0.6 is 11.6 Å². The topological polar surface area (TPSA) is 84.8 Å². The predicted molar refractivity (Wildman–Crippen MR) is 184 cm³/mol. The summed E-state index contributed by atoms with van der Waals surface area (Å²) >= 11 is 6.69. The number of nitrogens with zero attached hydrogens (tertiary/aromatic N) is 5. The van der Waals surface area contributed by atoms with Crippen molar-refractivity contribution in [3.8, 4) is 5.75 Å². The van der Waals surface area contributed by atoms with Gasteiger partial charge in [0.05, 0.1) is 24.8 Å². The third-order valence-corrected chi connectivity index (χ3v) is 9.45. The van der Waals surface area contributed by atoms with Crippen LogP contribution in [0.1, 0.15) is 22.3 Å². The van der Waals surface area contributed by atoms with Crippen LogP contribution in [0.25, 0.3) is 0 Å². The maximum atomic E-state index is 15.0. The lowest BCUT2D eigenvalue weighted by atomic mass is 9.87. The van der Waals surface area contributed by atoms with E-state index in [-0.39, 0.29) is 29.8 Å². The molecule has 2 aliphatic heterocycles. The average Bonchev–Trinajstić information content (AvgIpc) is 3.79. The molecule has 0 spiro atoms. The molecule has 7 rings (SSSR count). The van der Waals surface area contributed by atoms with Gasteiger partial charge in [-0.05, 0) is 79.2 Å². The maximum absolute atomic E-state index is 15.0. The van der Waals surface area contributed by atoms with Crippen molar-refractivity contribution in [1.29, 1.82) is 0 Å². The number of rotatable bonds is 10. The number of carbonyl (C=O) groups excluding carboxylic acids is 1. The molecule has 9 nitrogen and oxygen atoms in total. The van der Waals surface area contributed by atoms with Gasteiger partial charge in [-0.2, -0.15) is 5.10 Å². The Hall–Kier alpha value is -5.07. The van der Waals surface area contributed by atoms with Crippen molar-refractivity contribution in [3.05, 3.63) is 131 Å². The van der Waals surface area contributed by atoms with E-state index in [0.717, 1.165) is 43.6 Å². The molecule has 2 fully saturated rings.